The van der Waals surface area contributed by atoms with Crippen molar-refractivity contribution in [1.29, 1.82) is 0 Å². The number of morpholine rings is 1. The molecule has 3 aliphatic heterocycles. The summed E-state index contributed by atoms with van der Waals surface area (Å²) in [7, 11) is 3.67. The first-order valence-electron chi connectivity index (χ1n) is 21.4. The molecule has 3 aliphatic rings. The van der Waals surface area contributed by atoms with Crippen molar-refractivity contribution in [2.45, 2.75) is 122 Å². The largest absolute Gasteiger partial charge is 0.460 e. The maximum atomic E-state index is 13.6. The van der Waals surface area contributed by atoms with Crippen LogP contribution in [0.5, 0.6) is 0 Å². The van der Waals surface area contributed by atoms with E-state index in [1.807, 2.05) is 83.2 Å². The second kappa shape index (κ2) is 22.8. The van der Waals surface area contributed by atoms with E-state index in [2.05, 4.69) is 27.8 Å². The van der Waals surface area contributed by atoms with Gasteiger partial charge in [0.1, 0.15) is 31.2 Å². The maximum Gasteiger partial charge on any atom is 0.308 e. The van der Waals surface area contributed by atoms with E-state index in [0.717, 1.165) is 28.3 Å². The van der Waals surface area contributed by atoms with Gasteiger partial charge in [-0.05, 0) is 70.5 Å². The van der Waals surface area contributed by atoms with Gasteiger partial charge in [0.15, 0.2) is 12.1 Å². The first-order chi connectivity index (χ1) is 28.8. The lowest BCUT2D eigenvalue weighted by molar-refractivity contribution is -0.307. The number of rotatable bonds is 10. The summed E-state index contributed by atoms with van der Waals surface area (Å²) in [5.74, 6) is 3.76. The normalized spacial score (nSPS) is 34.3. The number of cyclic esters (lactones) is 1. The number of aromatic nitrogens is 1. The van der Waals surface area contributed by atoms with E-state index in [9.17, 15) is 24.6 Å². The molecule has 0 radical (unpaired) electrons. The van der Waals surface area contributed by atoms with Gasteiger partial charge >= 0.3 is 5.97 Å². The maximum absolute atomic E-state index is 13.6. The highest BCUT2D eigenvalue weighted by Crippen LogP contribution is 2.35. The molecule has 4 heterocycles. The number of carbonyl (C=O) groups excluding carboxylic acids is 3. The third-order valence-corrected chi connectivity index (χ3v) is 12.1. The van der Waals surface area contributed by atoms with Gasteiger partial charge in [-0.1, -0.05) is 68.5 Å². The zero-order valence-electron chi connectivity index (χ0n) is 36.3. The summed E-state index contributed by atoms with van der Waals surface area (Å²) in [6, 6.07) is 9.15. The third-order valence-electron chi connectivity index (χ3n) is 12.1. The number of aliphatic hydroxyl groups excluding tert-OH is 2. The Bertz CT molecular complexity index is 1850. The van der Waals surface area contributed by atoms with Crippen molar-refractivity contribution < 1.29 is 48.3 Å². The van der Waals surface area contributed by atoms with Crippen molar-refractivity contribution >= 4 is 28.9 Å². The van der Waals surface area contributed by atoms with E-state index in [4.69, 9.17) is 23.7 Å². The lowest BCUT2D eigenvalue weighted by Gasteiger charge is -2.47. The number of ketones is 1. The SMILES string of the molecule is CC[C@H]1OC(=O)C[C@@H](O)[C@H](C)[C@@H](O[C@@H]2O[C@H](C)[C@@H](OCC#CCc3cnc4ccccc4c3)[C@H](N(C)C)[C@H]2O)[C@@H](CC=O)C[C@@H](C)C(=O)/C=C/C(C)=C/[C@@H]1N1CCOCC1. The Morgan fingerprint density at radius 2 is 1.80 bits per heavy atom. The van der Waals surface area contributed by atoms with Crippen molar-refractivity contribution in [2.75, 3.05) is 47.0 Å². The van der Waals surface area contributed by atoms with Crippen LogP contribution in [0.3, 0.4) is 0 Å². The molecule has 0 spiro atoms. The topological polar surface area (TPSA) is 157 Å². The molecule has 60 heavy (non-hydrogen) atoms. The third kappa shape index (κ3) is 12.6. The zero-order valence-corrected chi connectivity index (χ0v) is 36.3. The van der Waals surface area contributed by atoms with Crippen molar-refractivity contribution in [2.24, 2.45) is 17.8 Å². The van der Waals surface area contributed by atoms with E-state index in [1.54, 1.807) is 19.1 Å². The van der Waals surface area contributed by atoms with Crippen molar-refractivity contribution in [3.05, 3.63) is 65.9 Å². The van der Waals surface area contributed by atoms with Gasteiger partial charge in [0.05, 0.1) is 55.5 Å². The van der Waals surface area contributed by atoms with Crippen molar-refractivity contribution in [3.8, 4) is 11.8 Å². The number of carbonyl (C=O) groups is 3. The average molecular weight is 832 g/mol. The van der Waals surface area contributed by atoms with Gasteiger partial charge in [0, 0.05) is 49.4 Å². The van der Waals surface area contributed by atoms with Crippen LogP contribution in [0, 0.1) is 29.6 Å². The summed E-state index contributed by atoms with van der Waals surface area (Å²) >= 11 is 0. The molecule has 0 bridgehead atoms. The molecule has 12 atom stereocenters. The van der Waals surface area contributed by atoms with Gasteiger partial charge in [-0.2, -0.15) is 0 Å². The molecule has 0 unspecified atom stereocenters. The summed E-state index contributed by atoms with van der Waals surface area (Å²) in [6.45, 7) is 11.8. The predicted octanol–water partition coefficient (Wildman–Crippen LogP) is 4.31. The Kier molecular flexibility index (Phi) is 18.0. The molecule has 1 aromatic carbocycles. The van der Waals surface area contributed by atoms with E-state index in [-0.39, 0.29) is 37.7 Å². The molecule has 2 saturated heterocycles. The molecule has 2 aromatic rings. The number of aliphatic hydroxyl groups is 2. The molecule has 13 heteroatoms. The van der Waals surface area contributed by atoms with E-state index >= 15 is 0 Å². The number of para-hydroxylation sites is 1. The number of benzene rings is 1. The molecule has 0 saturated carbocycles. The van der Waals surface area contributed by atoms with E-state index in [0.29, 0.717) is 39.1 Å². The smallest absolute Gasteiger partial charge is 0.308 e. The number of ether oxygens (including phenoxy) is 5. The molecule has 328 valence electrons. The van der Waals surface area contributed by atoms with E-state index in [1.165, 1.54) is 0 Å². The highest BCUT2D eigenvalue weighted by atomic mass is 16.7. The Labute approximate surface area is 355 Å². The summed E-state index contributed by atoms with van der Waals surface area (Å²) in [5, 5.41) is 24.7. The van der Waals surface area contributed by atoms with Crippen LogP contribution in [-0.2, 0) is 44.5 Å². The van der Waals surface area contributed by atoms with Gasteiger partial charge in [-0.3, -0.25) is 19.5 Å². The summed E-state index contributed by atoms with van der Waals surface area (Å²) in [6.07, 6.45) is 2.72. The van der Waals surface area contributed by atoms with Crippen LogP contribution in [0.25, 0.3) is 10.9 Å². The fourth-order valence-electron chi connectivity index (χ4n) is 8.61. The van der Waals surface area contributed by atoms with Gasteiger partial charge in [0.25, 0.3) is 0 Å². The monoisotopic (exact) mass is 831 g/mol. The molecule has 5 rings (SSSR count). The standard InChI is InChI=1S/C47H65N3O10/c1-8-41-38(50-19-23-56-24-20-50)25-30(2)16-17-39(52)31(3)26-36(18-21-51)45(32(4)40(53)28-42(54)59-41)60-47-44(55)43(49(6)7)46(33(5)58-47)57-22-12-11-13-34-27-35-14-9-10-15-37(35)48-29-34/h9-10,14-17,21,25,27,29,31-33,36,38,40-41,43-47,53,55H,8,13,18-20,22-24,26,28H2,1-7H3/b17-16+,30-25+/t31-,32+,33-,36+,38+,40-,41-,43-,44-,45-,46-,47+/m1/s1. The van der Waals surface area contributed by atoms with Crippen LogP contribution in [0.1, 0.15) is 65.9 Å². The molecule has 2 N–H and O–H groups in total. The Morgan fingerprint density at radius 1 is 1.05 bits per heavy atom. The summed E-state index contributed by atoms with van der Waals surface area (Å²) < 4.78 is 31.0. The second-order valence-corrected chi connectivity index (χ2v) is 16.7. The summed E-state index contributed by atoms with van der Waals surface area (Å²) in [4.78, 5) is 48.0. The minimum Gasteiger partial charge on any atom is -0.460 e. The quantitative estimate of drug-likeness (QED) is 0.199. The molecule has 1 aromatic heterocycles. The fourth-order valence-corrected chi connectivity index (χ4v) is 8.61. The molecular formula is C47H65N3O10. The Morgan fingerprint density at radius 3 is 2.52 bits per heavy atom. The van der Waals surface area contributed by atoms with Crippen LogP contribution < -0.4 is 0 Å². The first kappa shape index (κ1) is 47.2. The Balaban J connectivity index is 1.34. The number of esters is 1. The van der Waals surface area contributed by atoms with Crippen LogP contribution >= 0.6 is 0 Å². The number of aldehydes is 1. The van der Waals surface area contributed by atoms with Crippen LogP contribution in [0.15, 0.2) is 60.3 Å². The van der Waals surface area contributed by atoms with Gasteiger partial charge in [-0.15, -0.1) is 0 Å². The highest BCUT2D eigenvalue weighted by molar-refractivity contribution is 5.91. The zero-order chi connectivity index (χ0) is 43.3. The number of pyridine rings is 1. The molecule has 0 aliphatic carbocycles. The van der Waals surface area contributed by atoms with Gasteiger partial charge in [-0.25, -0.2) is 0 Å². The van der Waals surface area contributed by atoms with Gasteiger partial charge < -0.3 is 43.6 Å². The van der Waals surface area contributed by atoms with Crippen molar-refractivity contribution in [3.63, 3.8) is 0 Å². The lowest BCUT2D eigenvalue weighted by atomic mass is 9.79. The minimum absolute atomic E-state index is 0.0146. The molecule has 0 amide bonds. The van der Waals surface area contributed by atoms with Crippen molar-refractivity contribution in [1.82, 2.24) is 14.8 Å². The van der Waals surface area contributed by atoms with Crippen LogP contribution in [-0.4, -0.2) is 145 Å². The molecule has 2 fully saturated rings. The number of hydrogen-bond donors (Lipinski definition) is 2. The lowest BCUT2D eigenvalue weighted by Crippen LogP contribution is -2.64. The average Bonchev–Trinajstić information content (AvgIpc) is 3.23. The van der Waals surface area contributed by atoms with Crippen LogP contribution in [0.2, 0.25) is 0 Å². The number of hydrogen-bond acceptors (Lipinski definition) is 13. The highest BCUT2D eigenvalue weighted by Gasteiger charge is 2.48. The molecular weight excluding hydrogens is 767 g/mol. The predicted molar refractivity (Wildman–Crippen MR) is 228 cm³/mol. The second-order valence-electron chi connectivity index (χ2n) is 16.7. The van der Waals surface area contributed by atoms with Gasteiger partial charge in [0.2, 0.25) is 0 Å². The number of nitrogens with zero attached hydrogens (tertiary/aromatic N) is 3. The first-order valence-corrected chi connectivity index (χ1v) is 21.4. The molecule has 13 nitrogen and oxygen atoms in total. The number of fused-ring (bicyclic) bond motifs is 1. The Hall–Kier alpha value is -3.84. The summed E-state index contributed by atoms with van der Waals surface area (Å²) in [5.41, 5.74) is 2.76. The number of likely N-dealkylation sites (N-methyl/N-ethyl adjacent to an activating group) is 1. The number of allylic oxidation sites excluding steroid dienone is 3. The fraction of sp³-hybridized carbons (Fsp3) is 0.617. The minimum atomic E-state index is -1.24. The van der Waals surface area contributed by atoms with Crippen LogP contribution in [0.4, 0.5) is 0 Å². The van der Waals surface area contributed by atoms with E-state index < -0.39 is 72.7 Å².